The van der Waals surface area contributed by atoms with Crippen molar-refractivity contribution in [3.05, 3.63) is 58.3 Å². The second-order valence-corrected chi connectivity index (χ2v) is 5.78. The number of carbonyl (C=O) groups excluding carboxylic acids is 2. The van der Waals surface area contributed by atoms with E-state index in [9.17, 15) is 14.0 Å². The van der Waals surface area contributed by atoms with Gasteiger partial charge in [0.25, 0.3) is 5.91 Å². The highest BCUT2D eigenvalue weighted by molar-refractivity contribution is 6.33. The lowest BCUT2D eigenvalue weighted by Gasteiger charge is -2.14. The van der Waals surface area contributed by atoms with E-state index in [2.05, 4.69) is 5.32 Å². The van der Waals surface area contributed by atoms with Crippen LogP contribution in [0.1, 0.15) is 6.92 Å². The zero-order chi connectivity index (χ0) is 18.4. The number of rotatable bonds is 6. The molecule has 1 amide bonds. The number of ether oxygens (including phenoxy) is 2. The first-order chi connectivity index (χ1) is 11.9. The zero-order valence-corrected chi connectivity index (χ0v) is 14.6. The molecule has 0 aromatic heterocycles. The Bertz CT molecular complexity index is 785. The van der Waals surface area contributed by atoms with Crippen molar-refractivity contribution in [2.24, 2.45) is 0 Å². The molecule has 0 heterocycles. The predicted molar refractivity (Wildman–Crippen MR) is 92.5 cm³/mol. The van der Waals surface area contributed by atoms with Crippen molar-refractivity contribution in [3.8, 4) is 5.75 Å². The maximum Gasteiger partial charge on any atom is 0.344 e. The molecule has 0 aliphatic heterocycles. The number of halogens is 3. The van der Waals surface area contributed by atoms with E-state index < -0.39 is 30.4 Å². The second-order valence-electron chi connectivity index (χ2n) is 4.96. The van der Waals surface area contributed by atoms with Crippen LogP contribution in [0, 0.1) is 5.82 Å². The Hall–Kier alpha value is -2.31. The van der Waals surface area contributed by atoms with Gasteiger partial charge in [-0.2, -0.15) is 0 Å². The van der Waals surface area contributed by atoms with Crippen LogP contribution in [0.15, 0.2) is 42.5 Å². The van der Waals surface area contributed by atoms with Crippen LogP contribution in [-0.4, -0.2) is 24.6 Å². The SMILES string of the molecule is C[C@H](OC(=O)COc1ccc(F)cc1Cl)C(=O)Nc1ccccc1Cl. The monoisotopic (exact) mass is 385 g/mol. The normalized spacial score (nSPS) is 11.5. The van der Waals surface area contributed by atoms with Crippen LogP contribution in [-0.2, 0) is 14.3 Å². The fourth-order valence-electron chi connectivity index (χ4n) is 1.81. The van der Waals surface area contributed by atoms with Crippen LogP contribution in [0.3, 0.4) is 0 Å². The lowest BCUT2D eigenvalue weighted by atomic mass is 10.3. The van der Waals surface area contributed by atoms with E-state index in [1.807, 2.05) is 0 Å². The minimum atomic E-state index is -1.06. The molecule has 0 spiro atoms. The van der Waals surface area contributed by atoms with Gasteiger partial charge in [-0.3, -0.25) is 4.79 Å². The first-order valence-corrected chi connectivity index (χ1v) is 7.95. The molecule has 1 N–H and O–H groups in total. The summed E-state index contributed by atoms with van der Waals surface area (Å²) in [5.41, 5.74) is 0.409. The van der Waals surface area contributed by atoms with Crippen LogP contribution in [0.2, 0.25) is 10.0 Å². The van der Waals surface area contributed by atoms with Gasteiger partial charge in [0.2, 0.25) is 0 Å². The molecule has 2 aromatic rings. The van der Waals surface area contributed by atoms with Gasteiger partial charge in [0, 0.05) is 0 Å². The number of anilines is 1. The highest BCUT2D eigenvalue weighted by Gasteiger charge is 2.19. The lowest BCUT2D eigenvalue weighted by Crippen LogP contribution is -2.31. The van der Waals surface area contributed by atoms with E-state index in [1.165, 1.54) is 13.0 Å². The van der Waals surface area contributed by atoms with Gasteiger partial charge in [0.05, 0.1) is 15.7 Å². The fraction of sp³-hybridized carbons (Fsp3) is 0.176. The van der Waals surface area contributed by atoms with Crippen LogP contribution < -0.4 is 10.1 Å². The number of hydrogen-bond donors (Lipinski definition) is 1. The molecule has 25 heavy (non-hydrogen) atoms. The molecule has 5 nitrogen and oxygen atoms in total. The van der Waals surface area contributed by atoms with Gasteiger partial charge in [-0.05, 0) is 37.3 Å². The molecule has 0 saturated carbocycles. The summed E-state index contributed by atoms with van der Waals surface area (Å²) in [7, 11) is 0. The van der Waals surface area contributed by atoms with Gasteiger partial charge >= 0.3 is 5.97 Å². The van der Waals surface area contributed by atoms with Crippen molar-refractivity contribution in [2.45, 2.75) is 13.0 Å². The molecule has 0 unspecified atom stereocenters. The van der Waals surface area contributed by atoms with E-state index in [1.54, 1.807) is 24.3 Å². The molecule has 0 fully saturated rings. The van der Waals surface area contributed by atoms with Crippen molar-refractivity contribution in [3.63, 3.8) is 0 Å². The number of esters is 1. The van der Waals surface area contributed by atoms with Crippen molar-refractivity contribution in [1.82, 2.24) is 0 Å². The fourth-order valence-corrected chi connectivity index (χ4v) is 2.22. The van der Waals surface area contributed by atoms with Crippen molar-refractivity contribution in [2.75, 3.05) is 11.9 Å². The summed E-state index contributed by atoms with van der Waals surface area (Å²) in [5.74, 6) is -1.71. The van der Waals surface area contributed by atoms with Gasteiger partial charge < -0.3 is 14.8 Å². The lowest BCUT2D eigenvalue weighted by molar-refractivity contribution is -0.155. The summed E-state index contributed by atoms with van der Waals surface area (Å²) in [4.78, 5) is 23.8. The molecule has 1 atom stereocenters. The van der Waals surface area contributed by atoms with Gasteiger partial charge in [-0.15, -0.1) is 0 Å². The topological polar surface area (TPSA) is 64.6 Å². The highest BCUT2D eigenvalue weighted by Crippen LogP contribution is 2.25. The number of hydrogen-bond acceptors (Lipinski definition) is 4. The van der Waals surface area contributed by atoms with Gasteiger partial charge in [0.1, 0.15) is 11.6 Å². The third-order valence-electron chi connectivity index (χ3n) is 3.05. The maximum atomic E-state index is 12.9. The minimum Gasteiger partial charge on any atom is -0.480 e. The molecular formula is C17H14Cl2FNO4. The van der Waals surface area contributed by atoms with Crippen molar-refractivity contribution in [1.29, 1.82) is 0 Å². The van der Waals surface area contributed by atoms with E-state index >= 15 is 0 Å². The molecule has 2 aromatic carbocycles. The van der Waals surface area contributed by atoms with Crippen LogP contribution in [0.5, 0.6) is 5.75 Å². The number of para-hydroxylation sites is 1. The molecule has 0 radical (unpaired) electrons. The summed E-state index contributed by atoms with van der Waals surface area (Å²) in [5, 5.41) is 2.94. The Labute approximate surface area is 153 Å². The van der Waals surface area contributed by atoms with Gasteiger partial charge in [-0.25, -0.2) is 9.18 Å². The zero-order valence-electron chi connectivity index (χ0n) is 13.1. The van der Waals surface area contributed by atoms with E-state index in [4.69, 9.17) is 32.7 Å². The van der Waals surface area contributed by atoms with Crippen LogP contribution in [0.4, 0.5) is 10.1 Å². The maximum absolute atomic E-state index is 12.9. The third kappa shape index (κ3) is 5.62. The van der Waals surface area contributed by atoms with E-state index in [0.717, 1.165) is 12.1 Å². The number of benzene rings is 2. The number of amides is 1. The molecule has 2 rings (SSSR count). The Kier molecular flexibility index (Phi) is 6.61. The summed E-state index contributed by atoms with van der Waals surface area (Å²) >= 11 is 11.7. The van der Waals surface area contributed by atoms with Crippen molar-refractivity contribution >= 4 is 40.8 Å². The number of carbonyl (C=O) groups is 2. The first kappa shape index (κ1) is 19.0. The minimum absolute atomic E-state index is 0.0253. The van der Waals surface area contributed by atoms with E-state index in [0.29, 0.717) is 10.7 Å². The highest BCUT2D eigenvalue weighted by atomic mass is 35.5. The van der Waals surface area contributed by atoms with Crippen molar-refractivity contribution < 1.29 is 23.5 Å². The standard InChI is InChI=1S/C17H14Cl2FNO4/c1-10(17(23)21-14-5-3-2-4-12(14)18)25-16(22)9-24-15-7-6-11(20)8-13(15)19/h2-8,10H,9H2,1H3,(H,21,23)/t10-/m0/s1. The van der Waals surface area contributed by atoms with E-state index in [-0.39, 0.29) is 10.8 Å². The molecule has 0 aliphatic rings. The van der Waals surface area contributed by atoms with Crippen LogP contribution >= 0.6 is 23.2 Å². The molecule has 8 heteroatoms. The summed E-state index contributed by atoms with van der Waals surface area (Å²) in [6, 6.07) is 10.2. The first-order valence-electron chi connectivity index (χ1n) is 7.19. The smallest absolute Gasteiger partial charge is 0.344 e. The molecule has 0 saturated heterocycles. The summed E-state index contributed by atoms with van der Waals surface area (Å²) in [6.45, 7) is 0.935. The molecule has 0 aliphatic carbocycles. The predicted octanol–water partition coefficient (Wildman–Crippen LogP) is 4.08. The molecule has 132 valence electrons. The average molecular weight is 386 g/mol. The molecular weight excluding hydrogens is 372 g/mol. The Morgan fingerprint density at radius 2 is 1.88 bits per heavy atom. The van der Waals surface area contributed by atoms with Crippen LogP contribution in [0.25, 0.3) is 0 Å². The summed E-state index contributed by atoms with van der Waals surface area (Å²) < 4.78 is 23.0. The quantitative estimate of drug-likeness (QED) is 0.760. The molecule has 0 bridgehead atoms. The second kappa shape index (κ2) is 8.69. The average Bonchev–Trinajstić information content (AvgIpc) is 2.56. The van der Waals surface area contributed by atoms with Gasteiger partial charge in [-0.1, -0.05) is 35.3 Å². The van der Waals surface area contributed by atoms with Gasteiger partial charge in [0.15, 0.2) is 12.7 Å². The number of nitrogens with one attached hydrogen (secondary N) is 1. The Balaban J connectivity index is 1.85. The largest absolute Gasteiger partial charge is 0.480 e. The third-order valence-corrected chi connectivity index (χ3v) is 3.67. The Morgan fingerprint density at radius 1 is 1.16 bits per heavy atom. The Morgan fingerprint density at radius 3 is 2.56 bits per heavy atom. The summed E-state index contributed by atoms with van der Waals surface area (Å²) in [6.07, 6.45) is -1.06.